The third-order valence-electron chi connectivity index (χ3n) is 6.60. The van der Waals surface area contributed by atoms with Crippen LogP contribution in [0.2, 0.25) is 0 Å². The number of benzene rings is 2. The molecule has 39 heavy (non-hydrogen) atoms. The first-order valence-electron chi connectivity index (χ1n) is 13.6. The zero-order valence-corrected chi connectivity index (χ0v) is 23.9. The molecule has 0 atom stereocenters. The SMILES string of the molecule is C1=CC(=[N+]2CCSCCOCCOCCSCC2)C=CC1=C1C=C(c2ccccc2)OC(c2ccccc2)=C1. The maximum atomic E-state index is 6.39. The van der Waals surface area contributed by atoms with E-state index < -0.39 is 0 Å². The molecule has 1 aliphatic carbocycles. The van der Waals surface area contributed by atoms with Crippen molar-refractivity contribution in [2.45, 2.75) is 0 Å². The Morgan fingerprint density at radius 1 is 0.538 bits per heavy atom. The summed E-state index contributed by atoms with van der Waals surface area (Å²) in [6.07, 6.45) is 13.3. The first-order valence-corrected chi connectivity index (χ1v) is 15.9. The molecular weight excluding hydrogens is 523 g/mol. The van der Waals surface area contributed by atoms with Crippen molar-refractivity contribution in [1.29, 1.82) is 0 Å². The third-order valence-corrected chi connectivity index (χ3v) is 8.46. The number of thioether (sulfide) groups is 2. The summed E-state index contributed by atoms with van der Waals surface area (Å²) in [5, 5.41) is 0. The predicted molar refractivity (Wildman–Crippen MR) is 167 cm³/mol. The first kappa shape index (κ1) is 27.8. The second kappa shape index (κ2) is 15.1. The summed E-state index contributed by atoms with van der Waals surface area (Å²) in [4.78, 5) is 0. The van der Waals surface area contributed by atoms with Crippen molar-refractivity contribution >= 4 is 40.8 Å². The molecule has 0 saturated carbocycles. The Morgan fingerprint density at radius 2 is 1.05 bits per heavy atom. The smallest absolute Gasteiger partial charge is 0.199 e. The molecule has 0 amide bonds. The maximum Gasteiger partial charge on any atom is 0.199 e. The van der Waals surface area contributed by atoms with E-state index in [1.807, 2.05) is 59.9 Å². The summed E-state index contributed by atoms with van der Waals surface area (Å²) < 4.78 is 20.3. The molecule has 0 radical (unpaired) electrons. The van der Waals surface area contributed by atoms with Crippen molar-refractivity contribution in [3.63, 3.8) is 0 Å². The lowest BCUT2D eigenvalue weighted by Crippen LogP contribution is -2.25. The van der Waals surface area contributed by atoms with E-state index in [-0.39, 0.29) is 0 Å². The van der Waals surface area contributed by atoms with Gasteiger partial charge in [0.1, 0.15) is 11.5 Å². The minimum absolute atomic E-state index is 0.693. The van der Waals surface area contributed by atoms with E-state index >= 15 is 0 Å². The van der Waals surface area contributed by atoms with Crippen LogP contribution in [0.4, 0.5) is 0 Å². The molecule has 0 unspecified atom stereocenters. The standard InChI is InChI=1S/C33H36NO3S2/c1-3-7-28(8-4-1)32-25-30(26-33(37-32)29-9-5-2-6-10-29)27-11-13-31(14-12-27)34-15-21-38-23-19-35-17-18-36-20-24-39-22-16-34/h1-14,25-26H,15-24H2/q+1. The topological polar surface area (TPSA) is 30.7 Å². The van der Waals surface area contributed by atoms with Crippen LogP contribution in [0.5, 0.6) is 0 Å². The number of allylic oxidation sites excluding steroid dienone is 8. The minimum atomic E-state index is 0.693. The van der Waals surface area contributed by atoms with Gasteiger partial charge < -0.3 is 14.2 Å². The van der Waals surface area contributed by atoms with E-state index in [0.717, 1.165) is 77.5 Å². The van der Waals surface area contributed by atoms with Gasteiger partial charge in [-0.1, -0.05) is 60.7 Å². The summed E-state index contributed by atoms with van der Waals surface area (Å²) in [7, 11) is 0. The highest BCUT2D eigenvalue weighted by atomic mass is 32.2. The van der Waals surface area contributed by atoms with E-state index in [0.29, 0.717) is 13.2 Å². The van der Waals surface area contributed by atoms with Crippen LogP contribution in [-0.2, 0) is 14.2 Å². The molecule has 1 fully saturated rings. The van der Waals surface area contributed by atoms with Crippen LogP contribution in [0.15, 0.2) is 108 Å². The van der Waals surface area contributed by atoms with Crippen molar-refractivity contribution in [2.75, 3.05) is 62.5 Å². The zero-order chi connectivity index (χ0) is 26.5. The van der Waals surface area contributed by atoms with Gasteiger partial charge in [-0.3, -0.25) is 0 Å². The molecule has 1 saturated heterocycles. The predicted octanol–water partition coefficient (Wildman–Crippen LogP) is 6.49. The summed E-state index contributed by atoms with van der Waals surface area (Å²) in [5.74, 6) is 5.95. The molecule has 2 heterocycles. The molecule has 0 bridgehead atoms. The van der Waals surface area contributed by atoms with Gasteiger partial charge >= 0.3 is 0 Å². The fraction of sp³-hybridized carbons (Fsp3) is 0.303. The van der Waals surface area contributed by atoms with Gasteiger partial charge in [-0.2, -0.15) is 23.5 Å². The third kappa shape index (κ3) is 8.36. The maximum absolute atomic E-state index is 6.39. The van der Waals surface area contributed by atoms with Crippen LogP contribution in [0.3, 0.4) is 0 Å². The quantitative estimate of drug-likeness (QED) is 0.394. The van der Waals surface area contributed by atoms with Gasteiger partial charge in [-0.25, -0.2) is 4.58 Å². The summed E-state index contributed by atoms with van der Waals surface area (Å²) in [5.41, 5.74) is 5.74. The van der Waals surface area contributed by atoms with Gasteiger partial charge in [-0.05, 0) is 35.5 Å². The average Bonchev–Trinajstić information content (AvgIpc) is 3.02. The lowest BCUT2D eigenvalue weighted by Gasteiger charge is -2.20. The van der Waals surface area contributed by atoms with Gasteiger partial charge in [0.05, 0.1) is 37.9 Å². The molecule has 202 valence electrons. The summed E-state index contributed by atoms with van der Waals surface area (Å²) in [6, 6.07) is 20.6. The Bertz CT molecular complexity index is 1180. The van der Waals surface area contributed by atoms with Crippen LogP contribution in [0.1, 0.15) is 11.1 Å². The second-order valence-electron chi connectivity index (χ2n) is 9.29. The molecule has 4 nitrogen and oxygen atoms in total. The van der Waals surface area contributed by atoms with E-state index in [4.69, 9.17) is 14.2 Å². The van der Waals surface area contributed by atoms with Crippen molar-refractivity contribution in [3.8, 4) is 0 Å². The van der Waals surface area contributed by atoms with E-state index in [9.17, 15) is 0 Å². The largest absolute Gasteiger partial charge is 0.456 e. The molecule has 6 heteroatoms. The van der Waals surface area contributed by atoms with Crippen LogP contribution < -0.4 is 0 Å². The summed E-state index contributed by atoms with van der Waals surface area (Å²) in [6.45, 7) is 5.02. The average molecular weight is 559 g/mol. The Morgan fingerprint density at radius 3 is 1.56 bits per heavy atom. The molecule has 0 N–H and O–H groups in total. The molecule has 0 spiro atoms. The molecular formula is C33H36NO3S2+. The zero-order valence-electron chi connectivity index (χ0n) is 22.3. The molecule has 3 aliphatic rings. The highest BCUT2D eigenvalue weighted by Crippen LogP contribution is 2.34. The minimum Gasteiger partial charge on any atom is -0.456 e. The molecule has 2 aromatic carbocycles. The van der Waals surface area contributed by atoms with Gasteiger partial charge in [0.25, 0.3) is 0 Å². The van der Waals surface area contributed by atoms with Crippen molar-refractivity contribution < 1.29 is 18.8 Å². The van der Waals surface area contributed by atoms with Gasteiger partial charge in [0, 0.05) is 34.8 Å². The van der Waals surface area contributed by atoms with Gasteiger partial charge in [0.2, 0.25) is 0 Å². The number of rotatable bonds is 2. The van der Waals surface area contributed by atoms with Crippen LogP contribution >= 0.6 is 23.5 Å². The Hall–Kier alpha value is -2.77. The first-order chi connectivity index (χ1) is 19.4. The number of ether oxygens (including phenoxy) is 3. The fourth-order valence-electron chi connectivity index (χ4n) is 4.50. The molecule has 2 aliphatic heterocycles. The van der Waals surface area contributed by atoms with E-state index in [1.165, 1.54) is 11.3 Å². The van der Waals surface area contributed by atoms with Gasteiger partial charge in [-0.15, -0.1) is 0 Å². The Balaban J connectivity index is 1.39. The van der Waals surface area contributed by atoms with Crippen molar-refractivity contribution in [1.82, 2.24) is 0 Å². The van der Waals surface area contributed by atoms with E-state index in [1.54, 1.807) is 0 Å². The normalized spacial score (nSPS) is 20.0. The Labute approximate surface area is 240 Å². The van der Waals surface area contributed by atoms with Crippen LogP contribution in [-0.4, -0.2) is 72.8 Å². The van der Waals surface area contributed by atoms with Gasteiger partial charge in [0.15, 0.2) is 18.8 Å². The number of hydrogen-bond acceptors (Lipinski definition) is 5. The Kier molecular flexibility index (Phi) is 10.8. The second-order valence-corrected chi connectivity index (χ2v) is 11.7. The van der Waals surface area contributed by atoms with E-state index in [2.05, 4.69) is 65.3 Å². The van der Waals surface area contributed by atoms with Crippen LogP contribution in [0.25, 0.3) is 11.5 Å². The molecule has 5 rings (SSSR count). The van der Waals surface area contributed by atoms with Crippen molar-refractivity contribution in [3.05, 3.63) is 119 Å². The van der Waals surface area contributed by atoms with Crippen LogP contribution in [0, 0.1) is 0 Å². The highest BCUT2D eigenvalue weighted by molar-refractivity contribution is 7.99. The lowest BCUT2D eigenvalue weighted by atomic mass is 9.97. The monoisotopic (exact) mass is 558 g/mol. The van der Waals surface area contributed by atoms with Crippen molar-refractivity contribution in [2.24, 2.45) is 0 Å². The molecule has 0 aromatic heterocycles. The molecule has 2 aromatic rings. The lowest BCUT2D eigenvalue weighted by molar-refractivity contribution is -0.516. The summed E-state index contributed by atoms with van der Waals surface area (Å²) >= 11 is 3.92. The number of hydrogen-bond donors (Lipinski definition) is 0. The fourth-order valence-corrected chi connectivity index (χ4v) is 6.08. The number of nitrogens with zero attached hydrogens (tertiary/aromatic N) is 1. The highest BCUT2D eigenvalue weighted by Gasteiger charge is 2.18.